The molecule has 1 aliphatic heterocycles. The zero-order valence-corrected chi connectivity index (χ0v) is 22.4. The number of pyridine rings is 1. The Balaban J connectivity index is 1.17. The van der Waals surface area contributed by atoms with Crippen molar-refractivity contribution in [1.29, 1.82) is 0 Å². The van der Waals surface area contributed by atoms with Gasteiger partial charge in [-0.05, 0) is 49.9 Å². The Hall–Kier alpha value is -4.12. The molecule has 0 atom stereocenters. The molecule has 0 radical (unpaired) electrons. The second-order valence-corrected chi connectivity index (χ2v) is 9.94. The van der Waals surface area contributed by atoms with E-state index in [-0.39, 0.29) is 12.5 Å². The van der Waals surface area contributed by atoms with Crippen LogP contribution in [0, 0.1) is 5.92 Å². The van der Waals surface area contributed by atoms with Crippen LogP contribution in [-0.4, -0.2) is 75.4 Å². The number of halogens is 2. The van der Waals surface area contributed by atoms with Crippen molar-refractivity contribution >= 4 is 22.6 Å². The van der Waals surface area contributed by atoms with Crippen molar-refractivity contribution in [2.75, 3.05) is 38.5 Å². The smallest absolute Gasteiger partial charge is 0.251 e. The molecule has 0 bridgehead atoms. The molecule has 4 heterocycles. The van der Waals surface area contributed by atoms with E-state index in [1.165, 1.54) is 6.33 Å². The van der Waals surface area contributed by atoms with Crippen LogP contribution in [0.2, 0.25) is 0 Å². The van der Waals surface area contributed by atoms with E-state index in [9.17, 15) is 13.6 Å². The average molecular weight is 547 g/mol. The molecule has 208 valence electrons. The van der Waals surface area contributed by atoms with Crippen LogP contribution < -0.4 is 10.6 Å². The van der Waals surface area contributed by atoms with Crippen molar-refractivity contribution < 1.29 is 13.6 Å². The molecule has 0 aliphatic carbocycles. The topological polar surface area (TPSA) is 109 Å². The first kappa shape index (κ1) is 27.4. The number of nitrogens with zero attached hydrogens (tertiary/aromatic N) is 6. The summed E-state index contributed by atoms with van der Waals surface area (Å²) < 4.78 is 25.2. The van der Waals surface area contributed by atoms with Crippen LogP contribution in [0.4, 0.5) is 14.6 Å². The van der Waals surface area contributed by atoms with Crippen molar-refractivity contribution in [2.24, 2.45) is 5.92 Å². The van der Waals surface area contributed by atoms with Gasteiger partial charge in [-0.25, -0.2) is 28.7 Å². The highest BCUT2D eigenvalue weighted by Gasteiger charge is 2.22. The number of piperidine rings is 1. The largest absolute Gasteiger partial charge is 0.370 e. The summed E-state index contributed by atoms with van der Waals surface area (Å²) in [4.78, 5) is 36.4. The number of rotatable bonds is 10. The molecule has 2 N–H and O–H groups in total. The standard InChI is InChI=1S/C29H32F2N8O/c1-32-29(40)23-6-10-34-28-20(3-2-4-22(23)28)5-9-33-27-14-24(37-18-38-27)21-15-35-26(36-16-21)13-19-7-11-39(12-8-19)17-25(30)31/h2-4,6,10,14-16,18-19,25H,5,7-9,11-13,17H2,1H3,(H,32,40)(H,33,37,38). The molecule has 9 nitrogen and oxygen atoms in total. The van der Waals surface area contributed by atoms with E-state index in [2.05, 4.69) is 35.6 Å². The number of carbonyl (C=O) groups is 1. The first-order valence-corrected chi connectivity index (χ1v) is 13.5. The Labute approximate surface area is 231 Å². The molecule has 1 fully saturated rings. The molecule has 0 spiro atoms. The van der Waals surface area contributed by atoms with E-state index in [4.69, 9.17) is 0 Å². The number of hydrogen-bond donors (Lipinski definition) is 2. The molecule has 11 heteroatoms. The molecule has 40 heavy (non-hydrogen) atoms. The van der Waals surface area contributed by atoms with Gasteiger partial charge in [0.25, 0.3) is 12.3 Å². The summed E-state index contributed by atoms with van der Waals surface area (Å²) in [6.07, 6.45) is 7.62. The maximum atomic E-state index is 12.6. The summed E-state index contributed by atoms with van der Waals surface area (Å²) in [7, 11) is 1.62. The fraction of sp³-hybridized carbons (Fsp3) is 0.379. The summed E-state index contributed by atoms with van der Waals surface area (Å²) in [6.45, 7) is 1.86. The normalized spacial score (nSPS) is 14.5. The quantitative estimate of drug-likeness (QED) is 0.307. The number of fused-ring (bicyclic) bond motifs is 1. The summed E-state index contributed by atoms with van der Waals surface area (Å²) in [5, 5.41) is 6.85. The maximum Gasteiger partial charge on any atom is 0.251 e. The molecule has 1 aromatic carbocycles. The van der Waals surface area contributed by atoms with Gasteiger partial charge in [0.1, 0.15) is 18.0 Å². The Bertz CT molecular complexity index is 1440. The van der Waals surface area contributed by atoms with Crippen molar-refractivity contribution in [1.82, 2.24) is 35.1 Å². The zero-order valence-electron chi connectivity index (χ0n) is 22.4. The Morgan fingerprint density at radius 3 is 2.62 bits per heavy atom. The molecule has 1 aliphatic rings. The lowest BCUT2D eigenvalue weighted by Gasteiger charge is -2.31. The highest BCUT2D eigenvalue weighted by atomic mass is 19.3. The summed E-state index contributed by atoms with van der Waals surface area (Å²) in [6, 6.07) is 9.45. The van der Waals surface area contributed by atoms with Crippen LogP contribution in [0.25, 0.3) is 22.2 Å². The van der Waals surface area contributed by atoms with Crippen molar-refractivity contribution in [2.45, 2.75) is 32.1 Å². The second kappa shape index (κ2) is 12.8. The van der Waals surface area contributed by atoms with Gasteiger partial charge >= 0.3 is 0 Å². The molecular weight excluding hydrogens is 514 g/mol. The van der Waals surface area contributed by atoms with Crippen LogP contribution in [0.5, 0.6) is 0 Å². The monoisotopic (exact) mass is 546 g/mol. The predicted octanol–water partition coefficient (Wildman–Crippen LogP) is 4.02. The number of amides is 1. The molecule has 1 saturated heterocycles. The molecule has 1 amide bonds. The van der Waals surface area contributed by atoms with Gasteiger partial charge in [0, 0.05) is 55.6 Å². The molecule has 0 unspecified atom stereocenters. The number of alkyl halides is 2. The molecule has 4 aromatic rings. The lowest BCUT2D eigenvalue weighted by atomic mass is 9.93. The number of anilines is 1. The molecular formula is C29H32F2N8O. The zero-order chi connectivity index (χ0) is 27.9. The minimum atomic E-state index is -2.28. The summed E-state index contributed by atoms with van der Waals surface area (Å²) >= 11 is 0. The number of likely N-dealkylation sites (tertiary alicyclic amines) is 1. The van der Waals surface area contributed by atoms with Crippen LogP contribution in [0.3, 0.4) is 0 Å². The SMILES string of the molecule is CNC(=O)c1ccnc2c(CCNc3cc(-c4cnc(CC5CCN(CC(F)F)CC5)nc4)ncn3)cccc12. The molecule has 5 rings (SSSR count). The van der Waals surface area contributed by atoms with E-state index in [0.29, 0.717) is 49.0 Å². The average Bonchev–Trinajstić information content (AvgIpc) is 2.98. The van der Waals surface area contributed by atoms with Gasteiger partial charge in [0.2, 0.25) is 0 Å². The summed E-state index contributed by atoms with van der Waals surface area (Å²) in [5.41, 5.74) is 3.96. The van der Waals surface area contributed by atoms with Gasteiger partial charge in [0.15, 0.2) is 0 Å². The van der Waals surface area contributed by atoms with Crippen molar-refractivity contribution in [3.63, 3.8) is 0 Å². The van der Waals surface area contributed by atoms with Gasteiger partial charge in [-0.3, -0.25) is 14.7 Å². The van der Waals surface area contributed by atoms with Gasteiger partial charge in [-0.2, -0.15) is 0 Å². The van der Waals surface area contributed by atoms with Gasteiger partial charge in [-0.15, -0.1) is 0 Å². The number of hydrogen-bond acceptors (Lipinski definition) is 8. The van der Waals surface area contributed by atoms with Gasteiger partial charge < -0.3 is 10.6 Å². The Kier molecular flexibility index (Phi) is 8.80. The lowest BCUT2D eigenvalue weighted by Crippen LogP contribution is -2.37. The van der Waals surface area contributed by atoms with Crippen molar-refractivity contribution in [3.05, 3.63) is 72.2 Å². The molecule has 0 saturated carbocycles. The Morgan fingerprint density at radius 2 is 1.88 bits per heavy atom. The molecule has 3 aromatic heterocycles. The van der Waals surface area contributed by atoms with E-state index in [0.717, 1.165) is 47.1 Å². The highest BCUT2D eigenvalue weighted by Crippen LogP contribution is 2.23. The number of para-hydroxylation sites is 1. The number of aromatic nitrogens is 5. The lowest BCUT2D eigenvalue weighted by molar-refractivity contribution is 0.0688. The second-order valence-electron chi connectivity index (χ2n) is 9.94. The fourth-order valence-corrected chi connectivity index (χ4v) is 5.13. The van der Waals surface area contributed by atoms with E-state index >= 15 is 0 Å². The number of carbonyl (C=O) groups excluding carboxylic acids is 1. The minimum absolute atomic E-state index is 0.138. The van der Waals surface area contributed by atoms with Crippen LogP contribution in [0.15, 0.2) is 55.2 Å². The number of benzene rings is 1. The maximum absolute atomic E-state index is 12.6. The van der Waals surface area contributed by atoms with E-state index < -0.39 is 6.43 Å². The minimum Gasteiger partial charge on any atom is -0.370 e. The third-order valence-corrected chi connectivity index (χ3v) is 7.27. The fourth-order valence-electron chi connectivity index (χ4n) is 5.13. The third kappa shape index (κ3) is 6.71. The van der Waals surface area contributed by atoms with Gasteiger partial charge in [-0.1, -0.05) is 18.2 Å². The van der Waals surface area contributed by atoms with Crippen LogP contribution >= 0.6 is 0 Å². The predicted molar refractivity (Wildman–Crippen MR) is 149 cm³/mol. The third-order valence-electron chi connectivity index (χ3n) is 7.27. The highest BCUT2D eigenvalue weighted by molar-refractivity contribution is 6.06. The van der Waals surface area contributed by atoms with Crippen LogP contribution in [-0.2, 0) is 12.8 Å². The van der Waals surface area contributed by atoms with Crippen molar-refractivity contribution in [3.8, 4) is 11.3 Å². The van der Waals surface area contributed by atoms with Crippen LogP contribution in [0.1, 0.15) is 34.6 Å². The number of nitrogens with one attached hydrogen (secondary N) is 2. The van der Waals surface area contributed by atoms with Gasteiger partial charge in [0.05, 0.1) is 23.3 Å². The van der Waals surface area contributed by atoms with E-state index in [1.54, 1.807) is 31.7 Å². The Morgan fingerprint density at radius 1 is 1.07 bits per heavy atom. The van der Waals surface area contributed by atoms with E-state index in [1.807, 2.05) is 29.2 Å². The first-order valence-electron chi connectivity index (χ1n) is 13.5. The first-order chi connectivity index (χ1) is 19.5. The summed E-state index contributed by atoms with van der Waals surface area (Å²) in [5.74, 6) is 1.71.